The minimum Gasteiger partial charge on any atom is -0.379 e. The Labute approximate surface area is 123 Å². The van der Waals surface area contributed by atoms with Gasteiger partial charge in [-0.05, 0) is 52.9 Å². The van der Waals surface area contributed by atoms with Gasteiger partial charge in [-0.15, -0.1) is 0 Å². The normalized spacial score (nSPS) is 27.7. The molecule has 4 nitrogen and oxygen atoms in total. The van der Waals surface area contributed by atoms with Crippen molar-refractivity contribution < 1.29 is 9.47 Å². The van der Waals surface area contributed by atoms with Gasteiger partial charge in [0.1, 0.15) is 5.54 Å². The van der Waals surface area contributed by atoms with Crippen molar-refractivity contribution in [1.82, 2.24) is 5.32 Å². The summed E-state index contributed by atoms with van der Waals surface area (Å²) in [5.74, 6) is 0.397. The Kier molecular flexibility index (Phi) is 7.50. The smallest absolute Gasteiger partial charge is 0.109 e. The monoisotopic (exact) mass is 282 g/mol. The number of hydrogen-bond acceptors (Lipinski definition) is 4. The Hall–Kier alpha value is -0.630. The zero-order chi connectivity index (χ0) is 15.0. The fraction of sp³-hybridized carbons (Fsp3) is 0.938. The SMILES string of the molecule is CCOCC(C)OCCC1CCCC1(C#N)NC(C)C. The molecule has 0 aromatic carbocycles. The molecule has 0 spiro atoms. The standard InChI is InChI=1S/C16H30N2O2/c1-5-19-11-14(4)20-10-8-15-7-6-9-16(15,12-17)18-13(2)3/h13-15,18H,5-11H2,1-4H3. The first kappa shape index (κ1) is 17.4. The average Bonchev–Trinajstić information content (AvgIpc) is 2.79. The highest BCUT2D eigenvalue weighted by Crippen LogP contribution is 2.38. The van der Waals surface area contributed by atoms with Crippen molar-refractivity contribution in [2.45, 2.75) is 71.1 Å². The molecule has 0 aromatic heterocycles. The van der Waals surface area contributed by atoms with Gasteiger partial charge in [-0.25, -0.2) is 0 Å². The van der Waals surface area contributed by atoms with E-state index in [2.05, 4.69) is 25.2 Å². The Morgan fingerprint density at radius 2 is 2.15 bits per heavy atom. The average molecular weight is 282 g/mol. The van der Waals surface area contributed by atoms with Gasteiger partial charge in [0.05, 0.1) is 18.8 Å². The maximum absolute atomic E-state index is 9.59. The summed E-state index contributed by atoms with van der Waals surface area (Å²) in [4.78, 5) is 0. The second-order valence-corrected chi connectivity index (χ2v) is 6.10. The van der Waals surface area contributed by atoms with E-state index >= 15 is 0 Å². The molecule has 0 aromatic rings. The van der Waals surface area contributed by atoms with E-state index in [1.54, 1.807) is 0 Å². The van der Waals surface area contributed by atoms with Gasteiger partial charge < -0.3 is 9.47 Å². The third-order valence-corrected chi connectivity index (χ3v) is 3.99. The molecule has 0 bridgehead atoms. The van der Waals surface area contributed by atoms with Crippen LogP contribution >= 0.6 is 0 Å². The third-order valence-electron chi connectivity index (χ3n) is 3.99. The minimum absolute atomic E-state index is 0.130. The van der Waals surface area contributed by atoms with Crippen LogP contribution in [-0.2, 0) is 9.47 Å². The van der Waals surface area contributed by atoms with E-state index in [9.17, 15) is 5.26 Å². The fourth-order valence-corrected chi connectivity index (χ4v) is 3.10. The molecular weight excluding hydrogens is 252 g/mol. The lowest BCUT2D eigenvalue weighted by molar-refractivity contribution is -0.00956. The van der Waals surface area contributed by atoms with Gasteiger partial charge in [0.25, 0.3) is 0 Å². The summed E-state index contributed by atoms with van der Waals surface area (Å²) < 4.78 is 11.1. The molecule has 1 rings (SSSR count). The summed E-state index contributed by atoms with van der Waals surface area (Å²) in [6.45, 7) is 10.3. The molecule has 0 aliphatic heterocycles. The summed E-state index contributed by atoms with van der Waals surface area (Å²) in [6, 6.07) is 2.88. The first-order chi connectivity index (χ1) is 9.54. The molecule has 1 N–H and O–H groups in total. The molecule has 0 saturated heterocycles. The lowest BCUT2D eigenvalue weighted by Gasteiger charge is -2.32. The number of ether oxygens (including phenoxy) is 2. The van der Waals surface area contributed by atoms with Crippen LogP contribution < -0.4 is 5.32 Å². The predicted molar refractivity (Wildman–Crippen MR) is 80.5 cm³/mol. The van der Waals surface area contributed by atoms with Crippen LogP contribution in [0.25, 0.3) is 0 Å². The number of hydrogen-bond donors (Lipinski definition) is 1. The first-order valence-corrected chi connectivity index (χ1v) is 7.92. The molecule has 1 saturated carbocycles. The second kappa shape index (κ2) is 8.61. The minimum atomic E-state index is -0.347. The fourth-order valence-electron chi connectivity index (χ4n) is 3.10. The summed E-state index contributed by atoms with van der Waals surface area (Å²) in [6.07, 6.45) is 4.29. The Morgan fingerprint density at radius 3 is 2.75 bits per heavy atom. The zero-order valence-corrected chi connectivity index (χ0v) is 13.4. The van der Waals surface area contributed by atoms with E-state index in [1.807, 2.05) is 13.8 Å². The van der Waals surface area contributed by atoms with E-state index in [4.69, 9.17) is 9.47 Å². The maximum Gasteiger partial charge on any atom is 0.109 e. The van der Waals surface area contributed by atoms with E-state index in [1.165, 1.54) is 0 Å². The van der Waals surface area contributed by atoms with Gasteiger partial charge in [0.2, 0.25) is 0 Å². The van der Waals surface area contributed by atoms with Crippen LogP contribution in [0.5, 0.6) is 0 Å². The molecule has 4 heteroatoms. The van der Waals surface area contributed by atoms with Crippen LogP contribution in [0.15, 0.2) is 0 Å². The van der Waals surface area contributed by atoms with Gasteiger partial charge in [0.15, 0.2) is 0 Å². The predicted octanol–water partition coefficient (Wildman–Crippen LogP) is 2.88. The molecule has 0 amide bonds. The summed E-state index contributed by atoms with van der Waals surface area (Å²) in [5.41, 5.74) is -0.347. The molecule has 1 aliphatic carbocycles. The lowest BCUT2D eigenvalue weighted by Crippen LogP contribution is -2.50. The largest absolute Gasteiger partial charge is 0.379 e. The molecular formula is C16H30N2O2. The Balaban J connectivity index is 2.40. The van der Waals surface area contributed by atoms with E-state index in [0.29, 0.717) is 25.2 Å². The van der Waals surface area contributed by atoms with Crippen LogP contribution in [-0.4, -0.2) is 37.5 Å². The van der Waals surface area contributed by atoms with Crippen LogP contribution in [0.4, 0.5) is 0 Å². The number of nitrogens with one attached hydrogen (secondary N) is 1. The quantitative estimate of drug-likeness (QED) is 0.706. The van der Waals surface area contributed by atoms with Crippen molar-refractivity contribution in [2.24, 2.45) is 5.92 Å². The highest BCUT2D eigenvalue weighted by molar-refractivity contribution is 5.14. The zero-order valence-electron chi connectivity index (χ0n) is 13.4. The molecule has 1 aliphatic rings. The van der Waals surface area contributed by atoms with Crippen molar-refractivity contribution in [2.75, 3.05) is 19.8 Å². The number of nitriles is 1. The van der Waals surface area contributed by atoms with E-state index in [0.717, 1.165) is 32.3 Å². The van der Waals surface area contributed by atoms with Crippen LogP contribution in [0.2, 0.25) is 0 Å². The van der Waals surface area contributed by atoms with Crippen LogP contribution in [0, 0.1) is 17.2 Å². The molecule has 20 heavy (non-hydrogen) atoms. The first-order valence-electron chi connectivity index (χ1n) is 7.92. The van der Waals surface area contributed by atoms with E-state index < -0.39 is 0 Å². The Morgan fingerprint density at radius 1 is 1.40 bits per heavy atom. The number of nitrogens with zero attached hydrogens (tertiary/aromatic N) is 1. The van der Waals surface area contributed by atoms with Crippen molar-refractivity contribution in [3.63, 3.8) is 0 Å². The summed E-state index contributed by atoms with van der Waals surface area (Å²) in [5, 5.41) is 13.1. The molecule has 3 atom stereocenters. The van der Waals surface area contributed by atoms with Gasteiger partial charge >= 0.3 is 0 Å². The third kappa shape index (κ3) is 5.05. The van der Waals surface area contributed by atoms with E-state index in [-0.39, 0.29) is 11.6 Å². The summed E-state index contributed by atoms with van der Waals surface area (Å²) in [7, 11) is 0. The number of rotatable bonds is 9. The lowest BCUT2D eigenvalue weighted by atomic mass is 9.85. The van der Waals surface area contributed by atoms with Crippen LogP contribution in [0.1, 0.15) is 53.4 Å². The highest BCUT2D eigenvalue weighted by atomic mass is 16.5. The van der Waals surface area contributed by atoms with Gasteiger partial charge in [0, 0.05) is 19.3 Å². The Bertz CT molecular complexity index is 314. The topological polar surface area (TPSA) is 54.3 Å². The van der Waals surface area contributed by atoms with Crippen molar-refractivity contribution in [1.29, 1.82) is 5.26 Å². The van der Waals surface area contributed by atoms with Crippen LogP contribution in [0.3, 0.4) is 0 Å². The second-order valence-electron chi connectivity index (χ2n) is 6.10. The molecule has 3 unspecified atom stereocenters. The van der Waals surface area contributed by atoms with Gasteiger partial charge in [-0.3, -0.25) is 5.32 Å². The molecule has 116 valence electrons. The van der Waals surface area contributed by atoms with Gasteiger partial charge in [-0.2, -0.15) is 5.26 Å². The van der Waals surface area contributed by atoms with Crippen molar-refractivity contribution >= 4 is 0 Å². The molecule has 0 radical (unpaired) electrons. The molecule has 1 fully saturated rings. The van der Waals surface area contributed by atoms with Crippen molar-refractivity contribution in [3.8, 4) is 6.07 Å². The van der Waals surface area contributed by atoms with Gasteiger partial charge in [-0.1, -0.05) is 6.42 Å². The summed E-state index contributed by atoms with van der Waals surface area (Å²) >= 11 is 0. The molecule has 0 heterocycles. The maximum atomic E-state index is 9.59. The highest BCUT2D eigenvalue weighted by Gasteiger charge is 2.43. The van der Waals surface area contributed by atoms with Crippen molar-refractivity contribution in [3.05, 3.63) is 0 Å².